The van der Waals surface area contributed by atoms with E-state index in [-0.39, 0.29) is 0 Å². The molecule has 0 saturated carbocycles. The summed E-state index contributed by atoms with van der Waals surface area (Å²) < 4.78 is 3.60. The Morgan fingerprint density at radius 3 is 2.60 bits per heavy atom. The summed E-state index contributed by atoms with van der Waals surface area (Å²) in [5.74, 6) is -1.13. The minimum absolute atomic E-state index is 0.423. The molecular weight excluding hydrogens is 304 g/mol. The van der Waals surface area contributed by atoms with E-state index < -0.39 is 18.5 Å². The summed E-state index contributed by atoms with van der Waals surface area (Å²) in [6.45, 7) is -0.473. The molecule has 2 amide bonds. The molecule has 104 valence electrons. The van der Waals surface area contributed by atoms with Gasteiger partial charge in [-0.05, 0) is 24.3 Å². The predicted molar refractivity (Wildman–Crippen MR) is 75.4 cm³/mol. The van der Waals surface area contributed by atoms with Crippen LogP contribution in [-0.4, -0.2) is 33.2 Å². The van der Waals surface area contributed by atoms with Crippen molar-refractivity contribution in [3.05, 3.63) is 35.5 Å². The van der Waals surface area contributed by atoms with E-state index in [1.165, 1.54) is 6.20 Å². The Morgan fingerprint density at radius 2 is 2.05 bits per heavy atom. The number of hydrogen-bond acceptors (Lipinski definition) is 5. The molecule has 0 radical (unpaired) electrons. The monoisotopic (exact) mass is 312 g/mol. The zero-order valence-electron chi connectivity index (χ0n) is 9.99. The van der Waals surface area contributed by atoms with Crippen LogP contribution in [-0.2, 0) is 4.79 Å². The van der Waals surface area contributed by atoms with E-state index in [1.807, 2.05) is 0 Å². The van der Waals surface area contributed by atoms with Crippen molar-refractivity contribution in [2.75, 3.05) is 16.8 Å². The van der Waals surface area contributed by atoms with Gasteiger partial charge in [0.05, 0.1) is 6.20 Å². The molecule has 0 aliphatic carbocycles. The van der Waals surface area contributed by atoms with Gasteiger partial charge in [0.1, 0.15) is 11.5 Å². The molecule has 9 heteroatoms. The fourth-order valence-corrected chi connectivity index (χ4v) is 1.97. The van der Waals surface area contributed by atoms with E-state index in [0.29, 0.717) is 15.7 Å². The maximum absolute atomic E-state index is 12.1. The average molecular weight is 313 g/mol. The van der Waals surface area contributed by atoms with Gasteiger partial charge in [0.2, 0.25) is 0 Å². The normalized spacial score (nSPS) is 10.1. The summed E-state index contributed by atoms with van der Waals surface area (Å²) in [4.78, 5) is 24.1. The van der Waals surface area contributed by atoms with Gasteiger partial charge < -0.3 is 5.11 Å². The highest BCUT2D eigenvalue weighted by molar-refractivity contribution is 7.10. The third-order valence-electron chi connectivity index (χ3n) is 2.27. The molecule has 2 rings (SSSR count). The van der Waals surface area contributed by atoms with E-state index in [0.717, 1.165) is 16.4 Å². The van der Waals surface area contributed by atoms with Crippen LogP contribution in [0.5, 0.6) is 0 Å². The summed E-state index contributed by atoms with van der Waals surface area (Å²) in [7, 11) is 0. The SMILES string of the molecule is O=C(O)CN(C(=O)Nc1cnns1)c1ccc(Cl)cc1. The molecule has 1 aromatic heterocycles. The predicted octanol–water partition coefficient (Wildman–Crippen LogP) is 2.31. The van der Waals surface area contributed by atoms with Crippen molar-refractivity contribution in [1.29, 1.82) is 0 Å². The van der Waals surface area contributed by atoms with Crippen LogP contribution in [0.3, 0.4) is 0 Å². The van der Waals surface area contributed by atoms with Crippen molar-refractivity contribution in [2.24, 2.45) is 0 Å². The zero-order chi connectivity index (χ0) is 14.5. The standard InChI is InChI=1S/C11H9ClN4O3S/c12-7-1-3-8(4-2-7)16(6-10(17)18)11(19)14-9-5-13-15-20-9/h1-5H,6H2,(H,14,19)(H,17,18). The Balaban J connectivity index is 2.20. The van der Waals surface area contributed by atoms with E-state index in [4.69, 9.17) is 16.7 Å². The van der Waals surface area contributed by atoms with Crippen molar-refractivity contribution in [2.45, 2.75) is 0 Å². The van der Waals surface area contributed by atoms with Gasteiger partial charge in [0.25, 0.3) is 0 Å². The van der Waals surface area contributed by atoms with Gasteiger partial charge in [-0.15, -0.1) is 5.10 Å². The fourth-order valence-electron chi connectivity index (χ4n) is 1.43. The van der Waals surface area contributed by atoms with E-state index in [9.17, 15) is 9.59 Å². The number of carboxylic acids is 1. The Morgan fingerprint density at radius 1 is 1.35 bits per heavy atom. The smallest absolute Gasteiger partial charge is 0.327 e. The summed E-state index contributed by atoms with van der Waals surface area (Å²) >= 11 is 6.76. The zero-order valence-corrected chi connectivity index (χ0v) is 11.6. The van der Waals surface area contributed by atoms with Gasteiger partial charge in [-0.25, -0.2) is 4.79 Å². The number of amides is 2. The van der Waals surface area contributed by atoms with Crippen LogP contribution in [0.25, 0.3) is 0 Å². The third kappa shape index (κ3) is 3.65. The lowest BCUT2D eigenvalue weighted by Gasteiger charge is -2.20. The molecule has 20 heavy (non-hydrogen) atoms. The number of anilines is 2. The first-order valence-electron chi connectivity index (χ1n) is 5.39. The van der Waals surface area contributed by atoms with Crippen LogP contribution in [0, 0.1) is 0 Å². The van der Waals surface area contributed by atoms with Gasteiger partial charge in [0.15, 0.2) is 0 Å². The van der Waals surface area contributed by atoms with E-state index in [1.54, 1.807) is 24.3 Å². The number of nitrogens with zero attached hydrogens (tertiary/aromatic N) is 3. The Kier molecular flexibility index (Phi) is 4.49. The molecule has 0 unspecified atom stereocenters. The second-order valence-electron chi connectivity index (χ2n) is 3.67. The Labute approximate surface area is 123 Å². The number of benzene rings is 1. The van der Waals surface area contributed by atoms with Crippen LogP contribution < -0.4 is 10.2 Å². The first-order chi connectivity index (χ1) is 9.56. The number of aromatic nitrogens is 2. The van der Waals surface area contributed by atoms with Gasteiger partial charge in [-0.2, -0.15) is 0 Å². The second-order valence-corrected chi connectivity index (χ2v) is 4.89. The number of carbonyl (C=O) groups excluding carboxylic acids is 1. The van der Waals surface area contributed by atoms with Crippen molar-refractivity contribution in [1.82, 2.24) is 9.59 Å². The molecule has 0 aliphatic rings. The highest BCUT2D eigenvalue weighted by Crippen LogP contribution is 2.19. The number of urea groups is 1. The lowest BCUT2D eigenvalue weighted by atomic mass is 10.3. The number of aliphatic carboxylic acids is 1. The fraction of sp³-hybridized carbons (Fsp3) is 0.0909. The quantitative estimate of drug-likeness (QED) is 0.903. The van der Waals surface area contributed by atoms with E-state index >= 15 is 0 Å². The van der Waals surface area contributed by atoms with Crippen molar-refractivity contribution < 1.29 is 14.7 Å². The van der Waals surface area contributed by atoms with Crippen LogP contribution in [0.15, 0.2) is 30.5 Å². The molecule has 1 aromatic carbocycles. The molecule has 7 nitrogen and oxygen atoms in total. The summed E-state index contributed by atoms with van der Waals surface area (Å²) in [6.07, 6.45) is 1.38. The van der Waals surface area contributed by atoms with Crippen molar-refractivity contribution >= 4 is 45.8 Å². The van der Waals surface area contributed by atoms with Crippen molar-refractivity contribution in [3.8, 4) is 0 Å². The molecule has 0 spiro atoms. The Hall–Kier alpha value is -2.19. The van der Waals surface area contributed by atoms with Gasteiger partial charge in [-0.1, -0.05) is 16.1 Å². The number of carboxylic acid groups (broad SMARTS) is 1. The summed E-state index contributed by atoms with van der Waals surface area (Å²) in [5, 5.41) is 15.9. The summed E-state index contributed by atoms with van der Waals surface area (Å²) in [6, 6.07) is 5.70. The topological polar surface area (TPSA) is 95.4 Å². The maximum Gasteiger partial charge on any atom is 0.327 e. The van der Waals surface area contributed by atoms with Crippen LogP contribution in [0.2, 0.25) is 5.02 Å². The number of rotatable bonds is 4. The lowest BCUT2D eigenvalue weighted by Crippen LogP contribution is -2.38. The molecule has 0 saturated heterocycles. The summed E-state index contributed by atoms with van der Waals surface area (Å²) in [5.41, 5.74) is 0.423. The molecule has 0 aliphatic heterocycles. The Bertz CT molecular complexity index is 603. The molecule has 2 N–H and O–H groups in total. The van der Waals surface area contributed by atoms with Gasteiger partial charge >= 0.3 is 12.0 Å². The second kappa shape index (κ2) is 6.31. The molecule has 1 heterocycles. The minimum atomic E-state index is -1.13. The highest BCUT2D eigenvalue weighted by atomic mass is 35.5. The molecule has 0 bridgehead atoms. The molecular formula is C11H9ClN4O3S. The molecule has 2 aromatic rings. The first kappa shape index (κ1) is 14.2. The third-order valence-corrected chi connectivity index (χ3v) is 3.10. The van der Waals surface area contributed by atoms with E-state index in [2.05, 4.69) is 14.9 Å². The van der Waals surface area contributed by atoms with Gasteiger partial charge in [-0.3, -0.25) is 15.0 Å². The number of carbonyl (C=O) groups is 2. The first-order valence-corrected chi connectivity index (χ1v) is 6.54. The molecule has 0 atom stereocenters. The average Bonchev–Trinajstić information content (AvgIpc) is 2.89. The van der Waals surface area contributed by atoms with Crippen LogP contribution in [0.1, 0.15) is 0 Å². The number of hydrogen-bond donors (Lipinski definition) is 2. The minimum Gasteiger partial charge on any atom is -0.480 e. The number of nitrogens with one attached hydrogen (secondary N) is 1. The number of halogens is 1. The van der Waals surface area contributed by atoms with Crippen LogP contribution >= 0.6 is 23.1 Å². The molecule has 0 fully saturated rings. The van der Waals surface area contributed by atoms with Gasteiger partial charge in [0, 0.05) is 22.2 Å². The maximum atomic E-state index is 12.1. The van der Waals surface area contributed by atoms with Crippen LogP contribution in [0.4, 0.5) is 15.5 Å². The lowest BCUT2D eigenvalue weighted by molar-refractivity contribution is -0.135. The largest absolute Gasteiger partial charge is 0.480 e. The highest BCUT2D eigenvalue weighted by Gasteiger charge is 2.19. The van der Waals surface area contributed by atoms with Crippen molar-refractivity contribution in [3.63, 3.8) is 0 Å².